The SMILES string of the molecule is O=C(N[C@H]1N=C(c2ccccc2)c2ccccc2N(CC(=O)c2ccccc2)C1=O)OCc1ccccc1. The third-order valence-electron chi connectivity index (χ3n) is 6.12. The quantitative estimate of drug-likeness (QED) is 0.359. The van der Waals surface area contributed by atoms with Crippen LogP contribution in [0.3, 0.4) is 0 Å². The molecule has 0 unspecified atom stereocenters. The Hall–Kier alpha value is -5.04. The first kappa shape index (κ1) is 24.6. The standard InChI is InChI=1S/C31H25N3O4/c35-27(23-14-6-2-7-15-23)20-34-26-19-11-10-18-25(26)28(24-16-8-3-9-17-24)32-29(30(34)36)33-31(37)38-21-22-12-4-1-5-13-22/h1-19,29H,20-21H2,(H,33,37)/t29-/m1/s1. The molecule has 4 aromatic rings. The van der Waals surface area contributed by atoms with Gasteiger partial charge < -0.3 is 9.64 Å². The summed E-state index contributed by atoms with van der Waals surface area (Å²) in [6.07, 6.45) is -2.09. The summed E-state index contributed by atoms with van der Waals surface area (Å²) in [4.78, 5) is 45.9. The summed E-state index contributed by atoms with van der Waals surface area (Å²) in [7, 11) is 0. The number of rotatable bonds is 7. The summed E-state index contributed by atoms with van der Waals surface area (Å²) in [6, 6.07) is 34.7. The van der Waals surface area contributed by atoms with Crippen molar-refractivity contribution in [1.29, 1.82) is 0 Å². The van der Waals surface area contributed by atoms with E-state index in [9.17, 15) is 14.4 Å². The number of fused-ring (bicyclic) bond motifs is 1. The number of anilines is 1. The Bertz CT molecular complexity index is 1470. The molecule has 1 N–H and O–H groups in total. The molecule has 7 nitrogen and oxygen atoms in total. The number of benzodiazepines with no additional fused rings is 1. The number of Topliss-reactive ketones (excluding diaryl/α,β-unsaturated/α-hetero) is 1. The van der Waals surface area contributed by atoms with Gasteiger partial charge in [-0.3, -0.25) is 14.9 Å². The lowest BCUT2D eigenvalue weighted by atomic mass is 10.00. The molecule has 1 heterocycles. The summed E-state index contributed by atoms with van der Waals surface area (Å²) in [6.45, 7) is -0.173. The van der Waals surface area contributed by atoms with Gasteiger partial charge in [-0.05, 0) is 11.6 Å². The van der Waals surface area contributed by atoms with Crippen molar-refractivity contribution >= 4 is 29.2 Å². The van der Waals surface area contributed by atoms with Crippen LogP contribution in [0.2, 0.25) is 0 Å². The fraction of sp³-hybridized carbons (Fsp3) is 0.0968. The Kier molecular flexibility index (Phi) is 7.36. The highest BCUT2D eigenvalue weighted by Gasteiger charge is 2.34. The van der Waals surface area contributed by atoms with Crippen LogP contribution in [-0.4, -0.2) is 36.2 Å². The molecule has 188 valence electrons. The lowest BCUT2D eigenvalue weighted by Crippen LogP contribution is -2.49. The van der Waals surface area contributed by atoms with Gasteiger partial charge in [-0.25, -0.2) is 9.79 Å². The van der Waals surface area contributed by atoms with Crippen LogP contribution in [0.4, 0.5) is 10.5 Å². The molecule has 38 heavy (non-hydrogen) atoms. The molecule has 0 spiro atoms. The van der Waals surface area contributed by atoms with Gasteiger partial charge in [0.25, 0.3) is 5.91 Å². The average Bonchev–Trinajstić information content (AvgIpc) is 3.08. The first-order chi connectivity index (χ1) is 18.6. The topological polar surface area (TPSA) is 88.1 Å². The van der Waals surface area contributed by atoms with E-state index in [1.165, 1.54) is 4.90 Å². The number of ether oxygens (including phenoxy) is 1. The molecule has 0 aromatic heterocycles. The third-order valence-corrected chi connectivity index (χ3v) is 6.12. The molecule has 0 fully saturated rings. The van der Waals surface area contributed by atoms with Crippen molar-refractivity contribution in [3.63, 3.8) is 0 Å². The minimum Gasteiger partial charge on any atom is -0.445 e. The van der Waals surface area contributed by atoms with Crippen LogP contribution in [0, 0.1) is 0 Å². The number of nitrogens with zero attached hydrogens (tertiary/aromatic N) is 2. The maximum absolute atomic E-state index is 13.9. The van der Waals surface area contributed by atoms with Crippen molar-refractivity contribution in [3.05, 3.63) is 138 Å². The van der Waals surface area contributed by atoms with Crippen molar-refractivity contribution in [2.24, 2.45) is 4.99 Å². The van der Waals surface area contributed by atoms with E-state index < -0.39 is 18.2 Å². The number of hydrogen-bond donors (Lipinski definition) is 1. The smallest absolute Gasteiger partial charge is 0.409 e. The highest BCUT2D eigenvalue weighted by molar-refractivity contribution is 6.21. The zero-order valence-electron chi connectivity index (χ0n) is 20.5. The van der Waals surface area contributed by atoms with E-state index in [1.807, 2.05) is 78.9 Å². The zero-order chi connectivity index (χ0) is 26.3. The first-order valence-electron chi connectivity index (χ1n) is 12.2. The number of amides is 2. The average molecular weight is 504 g/mol. The summed E-state index contributed by atoms with van der Waals surface area (Å²) >= 11 is 0. The number of carbonyl (C=O) groups is 3. The van der Waals surface area contributed by atoms with E-state index in [2.05, 4.69) is 5.32 Å². The van der Waals surface area contributed by atoms with Crippen molar-refractivity contribution in [2.45, 2.75) is 12.8 Å². The Morgan fingerprint density at radius 1 is 0.789 bits per heavy atom. The molecule has 4 aromatic carbocycles. The van der Waals surface area contributed by atoms with Crippen LogP contribution in [0.15, 0.2) is 120 Å². The second-order valence-electron chi connectivity index (χ2n) is 8.68. The molecule has 2 amide bonds. The summed E-state index contributed by atoms with van der Waals surface area (Å²) in [5.41, 5.74) is 3.80. The Morgan fingerprint density at radius 3 is 2.11 bits per heavy atom. The fourth-order valence-corrected chi connectivity index (χ4v) is 4.25. The molecule has 0 saturated heterocycles. The molecule has 1 aliphatic rings. The molecule has 1 aliphatic heterocycles. The lowest BCUT2D eigenvalue weighted by Gasteiger charge is -2.24. The van der Waals surface area contributed by atoms with Gasteiger partial charge >= 0.3 is 6.09 Å². The third kappa shape index (κ3) is 5.52. The van der Waals surface area contributed by atoms with Gasteiger partial charge in [-0.2, -0.15) is 0 Å². The first-order valence-corrected chi connectivity index (χ1v) is 12.2. The molecular formula is C31H25N3O4. The highest BCUT2D eigenvalue weighted by atomic mass is 16.5. The van der Waals surface area contributed by atoms with Crippen LogP contribution < -0.4 is 10.2 Å². The molecule has 0 bridgehead atoms. The Morgan fingerprint density at radius 2 is 1.39 bits per heavy atom. The second-order valence-corrected chi connectivity index (χ2v) is 8.68. The number of ketones is 1. The number of para-hydroxylation sites is 1. The van der Waals surface area contributed by atoms with E-state index in [4.69, 9.17) is 9.73 Å². The number of benzene rings is 4. The Labute approximate surface area is 220 Å². The monoisotopic (exact) mass is 503 g/mol. The van der Waals surface area contributed by atoms with Gasteiger partial charge in [-0.15, -0.1) is 0 Å². The molecule has 5 rings (SSSR count). The summed E-state index contributed by atoms with van der Waals surface area (Å²) in [5.74, 6) is -0.772. The van der Waals surface area contributed by atoms with Gasteiger partial charge in [0.1, 0.15) is 6.61 Å². The summed E-state index contributed by atoms with van der Waals surface area (Å²) in [5, 5.41) is 2.61. The van der Waals surface area contributed by atoms with Gasteiger partial charge in [0.15, 0.2) is 5.78 Å². The van der Waals surface area contributed by atoms with Gasteiger partial charge in [-0.1, -0.05) is 109 Å². The van der Waals surface area contributed by atoms with Gasteiger partial charge in [0.05, 0.1) is 17.9 Å². The predicted octanol–water partition coefficient (Wildman–Crippen LogP) is 5.01. The molecule has 7 heteroatoms. The summed E-state index contributed by atoms with van der Waals surface area (Å²) < 4.78 is 5.37. The largest absolute Gasteiger partial charge is 0.445 e. The van der Waals surface area contributed by atoms with E-state index in [0.717, 1.165) is 11.1 Å². The van der Waals surface area contributed by atoms with E-state index in [-0.39, 0.29) is 18.9 Å². The second kappa shape index (κ2) is 11.3. The van der Waals surface area contributed by atoms with Gasteiger partial charge in [0, 0.05) is 16.7 Å². The maximum Gasteiger partial charge on any atom is 0.409 e. The minimum absolute atomic E-state index is 0.0409. The van der Waals surface area contributed by atoms with Crippen molar-refractivity contribution in [3.8, 4) is 0 Å². The highest BCUT2D eigenvalue weighted by Crippen LogP contribution is 2.28. The van der Waals surface area contributed by atoms with Crippen LogP contribution in [0.1, 0.15) is 27.0 Å². The van der Waals surface area contributed by atoms with Crippen LogP contribution in [0.25, 0.3) is 0 Å². The molecular weight excluding hydrogens is 478 g/mol. The van der Waals surface area contributed by atoms with Crippen LogP contribution in [-0.2, 0) is 16.1 Å². The van der Waals surface area contributed by atoms with Gasteiger partial charge in [0.2, 0.25) is 6.17 Å². The van der Waals surface area contributed by atoms with E-state index >= 15 is 0 Å². The van der Waals surface area contributed by atoms with Crippen LogP contribution >= 0.6 is 0 Å². The predicted molar refractivity (Wildman–Crippen MR) is 145 cm³/mol. The van der Waals surface area contributed by atoms with Crippen molar-refractivity contribution in [2.75, 3.05) is 11.4 Å². The Balaban J connectivity index is 1.49. The number of carbonyl (C=O) groups excluding carboxylic acids is 3. The van der Waals surface area contributed by atoms with Crippen molar-refractivity contribution < 1.29 is 19.1 Å². The maximum atomic E-state index is 13.9. The molecule has 0 radical (unpaired) electrons. The molecule has 1 atom stereocenters. The van der Waals surface area contributed by atoms with E-state index in [0.29, 0.717) is 22.5 Å². The molecule has 0 saturated carbocycles. The fourth-order valence-electron chi connectivity index (χ4n) is 4.25. The number of aliphatic imine (C=N–C) groups is 1. The number of nitrogens with one attached hydrogen (secondary N) is 1. The van der Waals surface area contributed by atoms with E-state index in [1.54, 1.807) is 36.4 Å². The number of alkyl carbamates (subject to hydrolysis) is 1. The molecule has 0 aliphatic carbocycles. The normalized spacial score (nSPS) is 14.6. The van der Waals surface area contributed by atoms with Crippen molar-refractivity contribution in [1.82, 2.24) is 5.32 Å². The minimum atomic E-state index is -1.30. The lowest BCUT2D eigenvalue weighted by molar-refractivity contribution is -0.120. The zero-order valence-corrected chi connectivity index (χ0v) is 20.5. The van der Waals surface area contributed by atoms with Crippen LogP contribution in [0.5, 0.6) is 0 Å². The number of hydrogen-bond acceptors (Lipinski definition) is 5.